The number of carbonyl (C=O) groups excluding carboxylic acids is 1. The van der Waals surface area contributed by atoms with Gasteiger partial charge in [-0.3, -0.25) is 18.8 Å². The van der Waals surface area contributed by atoms with Crippen LogP contribution in [0.2, 0.25) is 0 Å². The van der Waals surface area contributed by atoms with Crippen LogP contribution in [-0.2, 0) is 24.1 Å². The van der Waals surface area contributed by atoms with Crippen molar-refractivity contribution in [2.24, 2.45) is 5.92 Å². The maximum Gasteiger partial charge on any atom is 0.416 e. The fourth-order valence-corrected chi connectivity index (χ4v) is 5.99. The summed E-state index contributed by atoms with van der Waals surface area (Å²) < 4.78 is 47.0. The minimum atomic E-state index is -4.50. The molecule has 10 nitrogen and oxygen atoms in total. The van der Waals surface area contributed by atoms with E-state index in [-0.39, 0.29) is 12.2 Å². The standard InChI is InChI=1S/C29H30F3N9OS/c1-18-5-4-8-39(13-18)16-23-10-26(43-38-23)37-27-28-33-12-24(41(28)14-19(2)35-27)20-11-34-40(15-20)17-25(42)36-22-7-3-6-21(9-22)29(30,31)32/h3,6-7,9-12,14-15,18H,4-5,8,13,16-17H2,1-2H3,(H,35,37)(H,36,42). The predicted octanol–water partition coefficient (Wildman–Crippen LogP) is 5.99. The quantitative estimate of drug-likeness (QED) is 0.223. The summed E-state index contributed by atoms with van der Waals surface area (Å²) in [5.41, 5.74) is 3.11. The van der Waals surface area contributed by atoms with E-state index in [2.05, 4.69) is 48.0 Å². The van der Waals surface area contributed by atoms with Gasteiger partial charge in [0.15, 0.2) is 11.5 Å². The lowest BCUT2D eigenvalue weighted by Gasteiger charge is -2.30. The highest BCUT2D eigenvalue weighted by Crippen LogP contribution is 2.31. The Morgan fingerprint density at radius 1 is 1.19 bits per heavy atom. The van der Waals surface area contributed by atoms with Gasteiger partial charge in [0.2, 0.25) is 5.91 Å². The number of hydrogen-bond donors (Lipinski definition) is 2. The SMILES string of the molecule is Cc1cn2c(-c3cnn(CC(=O)Nc4cccc(C(F)(F)F)c4)c3)cnc2c(Nc2cc(CN3CCCC(C)C3)ns2)n1. The molecule has 5 heterocycles. The van der Waals surface area contributed by atoms with Crippen molar-refractivity contribution in [1.29, 1.82) is 0 Å². The van der Waals surface area contributed by atoms with Gasteiger partial charge in [0.05, 0.1) is 35.0 Å². The maximum atomic E-state index is 13.0. The van der Waals surface area contributed by atoms with Crippen molar-refractivity contribution in [3.8, 4) is 11.3 Å². The lowest BCUT2D eigenvalue weighted by Crippen LogP contribution is -2.33. The Morgan fingerprint density at radius 2 is 2.05 bits per heavy atom. The number of aromatic nitrogens is 6. The van der Waals surface area contributed by atoms with E-state index >= 15 is 0 Å². The van der Waals surface area contributed by atoms with Crippen molar-refractivity contribution in [3.63, 3.8) is 0 Å². The van der Waals surface area contributed by atoms with E-state index in [1.54, 1.807) is 18.6 Å². The third kappa shape index (κ3) is 6.70. The zero-order chi connectivity index (χ0) is 30.1. The lowest BCUT2D eigenvalue weighted by atomic mass is 10.0. The van der Waals surface area contributed by atoms with E-state index in [1.807, 2.05) is 17.5 Å². The Balaban J connectivity index is 1.15. The topological polar surface area (TPSA) is 105 Å². The number of likely N-dealkylation sites (tertiary alicyclic amines) is 1. The summed E-state index contributed by atoms with van der Waals surface area (Å²) >= 11 is 1.39. The largest absolute Gasteiger partial charge is 0.416 e. The van der Waals surface area contributed by atoms with Crippen LogP contribution in [-0.4, -0.2) is 52.4 Å². The molecule has 1 fully saturated rings. The molecule has 0 radical (unpaired) electrons. The van der Waals surface area contributed by atoms with Crippen LogP contribution < -0.4 is 10.6 Å². The normalized spacial score (nSPS) is 16.1. The van der Waals surface area contributed by atoms with Gasteiger partial charge in [0, 0.05) is 36.7 Å². The molecule has 1 saturated heterocycles. The molecule has 1 aliphatic heterocycles. The minimum Gasteiger partial charge on any atom is -0.328 e. The zero-order valence-corrected chi connectivity index (χ0v) is 24.4. The van der Waals surface area contributed by atoms with Crippen molar-refractivity contribution in [1.82, 2.24) is 33.4 Å². The highest BCUT2D eigenvalue weighted by atomic mass is 32.1. The van der Waals surface area contributed by atoms with Gasteiger partial charge in [0.25, 0.3) is 0 Å². The second-order valence-corrected chi connectivity index (χ2v) is 11.7. The Labute approximate surface area is 249 Å². The van der Waals surface area contributed by atoms with Crippen molar-refractivity contribution in [2.45, 2.75) is 46.0 Å². The summed E-state index contributed by atoms with van der Waals surface area (Å²) in [6.45, 7) is 7.03. The van der Waals surface area contributed by atoms with Crippen LogP contribution in [0.25, 0.3) is 16.9 Å². The van der Waals surface area contributed by atoms with Crippen LogP contribution in [0.3, 0.4) is 0 Å². The second-order valence-electron chi connectivity index (χ2n) is 10.9. The molecule has 0 saturated carbocycles. The second kappa shape index (κ2) is 11.8. The summed E-state index contributed by atoms with van der Waals surface area (Å²) in [5, 5.41) is 11.0. The number of carbonyl (C=O) groups is 1. The Kier molecular flexibility index (Phi) is 7.88. The third-order valence-corrected chi connectivity index (χ3v) is 7.99. The summed E-state index contributed by atoms with van der Waals surface area (Å²) in [6, 6.07) is 6.57. The van der Waals surface area contributed by atoms with E-state index in [9.17, 15) is 18.0 Å². The molecule has 0 spiro atoms. The van der Waals surface area contributed by atoms with E-state index in [0.29, 0.717) is 22.9 Å². The average molecular weight is 610 g/mol. The summed E-state index contributed by atoms with van der Waals surface area (Å²) in [5.74, 6) is 0.802. The van der Waals surface area contributed by atoms with Crippen molar-refractivity contribution in [2.75, 3.05) is 23.7 Å². The molecule has 6 rings (SSSR count). The number of aryl methyl sites for hydroxylation is 1. The first-order chi connectivity index (χ1) is 20.6. The molecule has 1 atom stereocenters. The predicted molar refractivity (Wildman–Crippen MR) is 158 cm³/mol. The number of imidazole rings is 1. The van der Waals surface area contributed by atoms with Gasteiger partial charge in [-0.25, -0.2) is 9.97 Å². The summed E-state index contributed by atoms with van der Waals surface area (Å²) in [4.78, 5) is 24.3. The first-order valence-electron chi connectivity index (χ1n) is 13.9. The minimum absolute atomic E-state index is 0.0612. The number of fused-ring (bicyclic) bond motifs is 1. The van der Waals surface area contributed by atoms with Crippen molar-refractivity contribution < 1.29 is 18.0 Å². The van der Waals surface area contributed by atoms with E-state index in [0.717, 1.165) is 53.8 Å². The molecule has 0 bridgehead atoms. The molecule has 1 unspecified atom stereocenters. The van der Waals surface area contributed by atoms with E-state index < -0.39 is 17.6 Å². The number of nitrogens with one attached hydrogen (secondary N) is 2. The average Bonchev–Trinajstić information content (AvgIpc) is 3.69. The van der Waals surface area contributed by atoms with Crippen molar-refractivity contribution in [3.05, 3.63) is 72.1 Å². The molecule has 2 N–H and O–H groups in total. The lowest BCUT2D eigenvalue weighted by molar-refractivity contribution is -0.137. The van der Waals surface area contributed by atoms with Gasteiger partial charge in [-0.2, -0.15) is 22.6 Å². The number of alkyl halides is 3. The Bertz CT molecular complexity index is 1760. The fraction of sp³-hybridized carbons (Fsp3) is 0.345. The Hall–Kier alpha value is -4.30. The molecule has 5 aromatic rings. The molecule has 1 aliphatic rings. The number of anilines is 3. The first-order valence-corrected chi connectivity index (χ1v) is 14.7. The van der Waals surface area contributed by atoms with Gasteiger partial charge in [-0.15, -0.1) is 0 Å². The monoisotopic (exact) mass is 609 g/mol. The van der Waals surface area contributed by atoms with Crippen LogP contribution >= 0.6 is 11.5 Å². The zero-order valence-electron chi connectivity index (χ0n) is 23.6. The van der Waals surface area contributed by atoms with Crippen LogP contribution in [0.1, 0.15) is 36.7 Å². The number of piperidine rings is 1. The maximum absolute atomic E-state index is 13.0. The van der Waals surface area contributed by atoms with Gasteiger partial charge in [-0.05, 0) is 68.0 Å². The third-order valence-electron chi connectivity index (χ3n) is 7.25. The summed E-state index contributed by atoms with van der Waals surface area (Å²) in [6.07, 6.45) is 4.88. The number of amides is 1. The molecular weight excluding hydrogens is 579 g/mol. The number of hydrogen-bond acceptors (Lipinski definition) is 8. The van der Waals surface area contributed by atoms with Crippen LogP contribution in [0.4, 0.5) is 29.7 Å². The smallest absolute Gasteiger partial charge is 0.328 e. The van der Waals surface area contributed by atoms with Gasteiger partial charge >= 0.3 is 6.18 Å². The van der Waals surface area contributed by atoms with E-state index in [1.165, 1.54) is 41.2 Å². The molecule has 0 aliphatic carbocycles. The molecule has 224 valence electrons. The molecule has 1 amide bonds. The molecule has 14 heteroatoms. The van der Waals surface area contributed by atoms with Crippen LogP contribution in [0.15, 0.2) is 55.1 Å². The van der Waals surface area contributed by atoms with E-state index in [4.69, 9.17) is 0 Å². The molecule has 1 aromatic carbocycles. The molecular formula is C29H30F3N9OS. The van der Waals surface area contributed by atoms with Gasteiger partial charge in [-0.1, -0.05) is 13.0 Å². The Morgan fingerprint density at radius 3 is 2.86 bits per heavy atom. The molecule has 4 aromatic heterocycles. The fourth-order valence-electron chi connectivity index (χ4n) is 5.33. The van der Waals surface area contributed by atoms with Gasteiger partial charge in [0.1, 0.15) is 11.5 Å². The first kappa shape index (κ1) is 28.8. The molecule has 43 heavy (non-hydrogen) atoms. The number of rotatable bonds is 8. The number of benzene rings is 1. The van der Waals surface area contributed by atoms with Crippen LogP contribution in [0.5, 0.6) is 0 Å². The number of nitrogens with zero attached hydrogens (tertiary/aromatic N) is 7. The van der Waals surface area contributed by atoms with Crippen molar-refractivity contribution >= 4 is 39.6 Å². The van der Waals surface area contributed by atoms with Crippen LogP contribution in [0, 0.1) is 12.8 Å². The highest BCUT2D eigenvalue weighted by Gasteiger charge is 2.30. The number of halogens is 3. The highest BCUT2D eigenvalue weighted by molar-refractivity contribution is 7.10. The summed E-state index contributed by atoms with van der Waals surface area (Å²) in [7, 11) is 0. The van der Waals surface area contributed by atoms with Gasteiger partial charge < -0.3 is 10.6 Å².